The van der Waals surface area contributed by atoms with E-state index in [2.05, 4.69) is 6.92 Å². The van der Waals surface area contributed by atoms with Gasteiger partial charge in [0.15, 0.2) is 0 Å². The summed E-state index contributed by atoms with van der Waals surface area (Å²) < 4.78 is 0. The summed E-state index contributed by atoms with van der Waals surface area (Å²) in [6.07, 6.45) is 15.7. The van der Waals surface area contributed by atoms with E-state index in [0.717, 1.165) is 38.5 Å². The lowest BCUT2D eigenvalue weighted by Gasteiger charge is -2.10. The molecule has 0 rings (SSSR count). The average molecular weight is 377 g/mol. The summed E-state index contributed by atoms with van der Waals surface area (Å²) in [6, 6.07) is 0. The zero-order valence-corrected chi connectivity index (χ0v) is 17.2. The molecule has 0 aromatic heterocycles. The van der Waals surface area contributed by atoms with Crippen LogP contribution < -0.4 is 0 Å². The molecule has 0 heterocycles. The van der Waals surface area contributed by atoms with Crippen LogP contribution in [-0.4, -0.2) is 45.2 Å². The van der Waals surface area contributed by atoms with Gasteiger partial charge < -0.3 is 20.4 Å². The summed E-state index contributed by atoms with van der Waals surface area (Å²) in [5, 5.41) is 34.4. The van der Waals surface area contributed by atoms with Crippen molar-refractivity contribution in [3.63, 3.8) is 0 Å². The number of unbranched alkanes of at least 4 members (excludes halogenated alkanes) is 10. The minimum atomic E-state index is -0.678. The van der Waals surface area contributed by atoms with Crippen LogP contribution >= 0.6 is 0 Å². The quantitative estimate of drug-likeness (QED) is 0.277. The molecule has 158 valence electrons. The van der Waals surface area contributed by atoms with E-state index >= 15 is 0 Å². The second-order valence-corrected chi connectivity index (χ2v) is 7.30. The van der Waals surface area contributed by atoms with Crippen LogP contribution in [0.5, 0.6) is 0 Å². The summed E-state index contributed by atoms with van der Waals surface area (Å²) >= 11 is 0. The number of rotatable bonds is 17. The largest absolute Gasteiger partial charge is 0.481 e. The van der Waals surface area contributed by atoms with Gasteiger partial charge in [-0.15, -0.1) is 0 Å². The SMILES string of the molecule is CC(O)CO.CCCCCCC(O)CCCCCCCCCCC(=O)O. The zero-order valence-electron chi connectivity index (χ0n) is 17.2. The van der Waals surface area contributed by atoms with E-state index in [4.69, 9.17) is 15.3 Å². The molecule has 4 N–H and O–H groups in total. The molecule has 26 heavy (non-hydrogen) atoms. The number of hydrogen-bond acceptors (Lipinski definition) is 4. The third kappa shape index (κ3) is 28.2. The number of hydrogen-bond donors (Lipinski definition) is 4. The second kappa shape index (κ2) is 22.4. The van der Waals surface area contributed by atoms with Crippen molar-refractivity contribution in [2.75, 3.05) is 6.61 Å². The molecule has 0 aliphatic heterocycles. The lowest BCUT2D eigenvalue weighted by molar-refractivity contribution is -0.137. The Labute approximate surface area is 160 Å². The summed E-state index contributed by atoms with van der Waals surface area (Å²) in [4.78, 5) is 10.3. The molecule has 0 fully saturated rings. The molecular weight excluding hydrogens is 332 g/mol. The highest BCUT2D eigenvalue weighted by Crippen LogP contribution is 2.14. The van der Waals surface area contributed by atoms with Gasteiger partial charge in [-0.1, -0.05) is 77.6 Å². The summed E-state index contributed by atoms with van der Waals surface area (Å²) in [5.41, 5.74) is 0. The van der Waals surface area contributed by atoms with Crippen molar-refractivity contribution in [1.82, 2.24) is 0 Å². The Morgan fingerprint density at radius 3 is 1.54 bits per heavy atom. The molecule has 0 aliphatic carbocycles. The van der Waals surface area contributed by atoms with Crippen molar-refractivity contribution >= 4 is 5.97 Å². The minimum absolute atomic E-state index is 0.0853. The van der Waals surface area contributed by atoms with E-state index in [-0.39, 0.29) is 12.7 Å². The van der Waals surface area contributed by atoms with Crippen molar-refractivity contribution in [1.29, 1.82) is 0 Å². The van der Waals surface area contributed by atoms with Gasteiger partial charge in [-0.05, 0) is 26.2 Å². The molecule has 2 atom stereocenters. The molecule has 0 aromatic carbocycles. The third-order valence-electron chi connectivity index (χ3n) is 4.33. The smallest absolute Gasteiger partial charge is 0.303 e. The fourth-order valence-corrected chi connectivity index (χ4v) is 2.67. The van der Waals surface area contributed by atoms with E-state index in [0.29, 0.717) is 6.42 Å². The van der Waals surface area contributed by atoms with Crippen LogP contribution in [-0.2, 0) is 4.79 Å². The number of aliphatic carboxylic acids is 1. The maximum absolute atomic E-state index is 10.3. The van der Waals surface area contributed by atoms with E-state index in [1.807, 2.05) is 0 Å². The predicted molar refractivity (Wildman–Crippen MR) is 107 cm³/mol. The first-order valence-electron chi connectivity index (χ1n) is 10.6. The number of carboxylic acids is 1. The molecule has 0 bridgehead atoms. The normalized spacial score (nSPS) is 13.0. The molecule has 0 saturated heterocycles. The fraction of sp³-hybridized carbons (Fsp3) is 0.952. The standard InChI is InChI=1S/C18H36O3.C3H8O2/c1-2-3-4-11-14-17(19)15-12-9-7-5-6-8-10-13-16-18(20)21;1-3(5)2-4/h17,19H,2-16H2,1H3,(H,20,21);3-5H,2H2,1H3. The number of carboxylic acid groups (broad SMARTS) is 1. The lowest BCUT2D eigenvalue weighted by Crippen LogP contribution is -2.05. The molecule has 0 radical (unpaired) electrons. The van der Waals surface area contributed by atoms with Crippen LogP contribution in [0.15, 0.2) is 0 Å². The number of aliphatic hydroxyl groups is 3. The van der Waals surface area contributed by atoms with Gasteiger partial charge in [-0.2, -0.15) is 0 Å². The van der Waals surface area contributed by atoms with Crippen molar-refractivity contribution in [2.24, 2.45) is 0 Å². The first kappa shape index (κ1) is 27.6. The van der Waals surface area contributed by atoms with E-state index < -0.39 is 12.1 Å². The summed E-state index contributed by atoms with van der Waals surface area (Å²) in [6.45, 7) is 3.60. The average Bonchev–Trinajstić information content (AvgIpc) is 2.60. The molecule has 0 spiro atoms. The predicted octanol–water partition coefficient (Wildman–Crippen LogP) is 4.66. The molecule has 0 amide bonds. The molecule has 2 unspecified atom stereocenters. The van der Waals surface area contributed by atoms with Crippen LogP contribution in [0, 0.1) is 0 Å². The highest BCUT2D eigenvalue weighted by molar-refractivity contribution is 5.66. The van der Waals surface area contributed by atoms with Crippen molar-refractivity contribution in [3.05, 3.63) is 0 Å². The zero-order chi connectivity index (χ0) is 20.0. The first-order chi connectivity index (χ1) is 12.4. The molecule has 5 nitrogen and oxygen atoms in total. The molecule has 0 aromatic rings. The Kier molecular flexibility index (Phi) is 23.7. The fourth-order valence-electron chi connectivity index (χ4n) is 2.67. The molecule has 0 saturated carbocycles. The highest BCUT2D eigenvalue weighted by Gasteiger charge is 2.03. The summed E-state index contributed by atoms with van der Waals surface area (Å²) in [7, 11) is 0. The maximum atomic E-state index is 10.3. The first-order valence-corrected chi connectivity index (χ1v) is 10.6. The van der Waals surface area contributed by atoms with Gasteiger partial charge in [0.05, 0.1) is 18.8 Å². The third-order valence-corrected chi connectivity index (χ3v) is 4.33. The second-order valence-electron chi connectivity index (χ2n) is 7.30. The molecule has 0 aliphatic rings. The number of aliphatic hydroxyl groups excluding tert-OH is 3. The van der Waals surface area contributed by atoms with Gasteiger partial charge in [-0.25, -0.2) is 0 Å². The van der Waals surface area contributed by atoms with Crippen molar-refractivity contribution in [3.8, 4) is 0 Å². The van der Waals surface area contributed by atoms with Gasteiger partial charge >= 0.3 is 5.97 Å². The van der Waals surface area contributed by atoms with Crippen LogP contribution in [0.4, 0.5) is 0 Å². The highest BCUT2D eigenvalue weighted by atomic mass is 16.4. The summed E-state index contributed by atoms with van der Waals surface area (Å²) in [5.74, 6) is -0.678. The van der Waals surface area contributed by atoms with Gasteiger partial charge in [0, 0.05) is 6.42 Å². The Morgan fingerprint density at radius 1 is 0.769 bits per heavy atom. The monoisotopic (exact) mass is 376 g/mol. The van der Waals surface area contributed by atoms with Gasteiger partial charge in [0.2, 0.25) is 0 Å². The minimum Gasteiger partial charge on any atom is -0.481 e. The van der Waals surface area contributed by atoms with Crippen LogP contribution in [0.2, 0.25) is 0 Å². The molecule has 5 heteroatoms. The van der Waals surface area contributed by atoms with Crippen LogP contribution in [0.1, 0.15) is 110 Å². The maximum Gasteiger partial charge on any atom is 0.303 e. The van der Waals surface area contributed by atoms with E-state index in [1.165, 1.54) is 58.3 Å². The van der Waals surface area contributed by atoms with Crippen LogP contribution in [0.3, 0.4) is 0 Å². The van der Waals surface area contributed by atoms with Crippen molar-refractivity contribution in [2.45, 2.75) is 122 Å². The number of carbonyl (C=O) groups is 1. The lowest BCUT2D eigenvalue weighted by atomic mass is 10.0. The van der Waals surface area contributed by atoms with Gasteiger partial charge in [0.1, 0.15) is 0 Å². The Hall–Kier alpha value is -0.650. The topological polar surface area (TPSA) is 98.0 Å². The van der Waals surface area contributed by atoms with E-state index in [1.54, 1.807) is 0 Å². The van der Waals surface area contributed by atoms with Crippen LogP contribution in [0.25, 0.3) is 0 Å². The molecular formula is C21H44O5. The Morgan fingerprint density at radius 2 is 1.15 bits per heavy atom. The Balaban J connectivity index is 0. The van der Waals surface area contributed by atoms with E-state index in [9.17, 15) is 9.90 Å². The van der Waals surface area contributed by atoms with Crippen molar-refractivity contribution < 1.29 is 25.2 Å². The van der Waals surface area contributed by atoms with Gasteiger partial charge in [0.25, 0.3) is 0 Å². The Bertz CT molecular complexity index is 282. The van der Waals surface area contributed by atoms with Gasteiger partial charge in [-0.3, -0.25) is 4.79 Å².